The van der Waals surface area contributed by atoms with Crippen LogP contribution in [0.25, 0.3) is 23.0 Å². The number of Topliss-reactive ketones (excluding diaryl/α,β-unsaturated/α-hetero) is 1. The van der Waals surface area contributed by atoms with E-state index in [1.165, 1.54) is 0 Å². The molecule has 0 aliphatic carbocycles. The van der Waals surface area contributed by atoms with Crippen LogP contribution in [0.1, 0.15) is 28.4 Å². The van der Waals surface area contributed by atoms with Crippen molar-refractivity contribution in [3.05, 3.63) is 101 Å². The van der Waals surface area contributed by atoms with Crippen LogP contribution in [-0.2, 0) is 0 Å². The maximum Gasteiger partial charge on any atom is 0.231 e. The molecule has 0 saturated carbocycles. The van der Waals surface area contributed by atoms with E-state index in [0.717, 1.165) is 33.8 Å². The van der Waals surface area contributed by atoms with Crippen LogP contribution in [0.4, 0.5) is 0 Å². The predicted octanol–water partition coefficient (Wildman–Crippen LogP) is 5.86. The average Bonchev–Trinajstić information content (AvgIpc) is 3.37. The summed E-state index contributed by atoms with van der Waals surface area (Å²) in [7, 11) is 0. The van der Waals surface area contributed by atoms with Crippen molar-refractivity contribution in [3.8, 4) is 28.4 Å². The summed E-state index contributed by atoms with van der Waals surface area (Å²) < 4.78 is 13.3. The standard InChI is InChI=1S/C27H22N2O3/c1-3-31-22-12-10-19(11-13-22)26-20(17-29(28-26)21-7-5-4-6-8-21)16-25-27(30)23-15-18(2)9-14-24(23)32-25/h4-17H,3H2,1-2H3/b25-16-. The molecule has 3 aromatic carbocycles. The van der Waals surface area contributed by atoms with Crippen molar-refractivity contribution in [1.29, 1.82) is 0 Å². The molecule has 1 aromatic heterocycles. The predicted molar refractivity (Wildman–Crippen MR) is 124 cm³/mol. The Morgan fingerprint density at radius 1 is 1.03 bits per heavy atom. The molecule has 0 bridgehead atoms. The molecule has 0 radical (unpaired) electrons. The molecule has 4 aromatic rings. The number of rotatable bonds is 5. The number of allylic oxidation sites excluding steroid dienone is 1. The molecule has 2 heterocycles. The lowest BCUT2D eigenvalue weighted by Crippen LogP contribution is -1.98. The Hall–Kier alpha value is -4.12. The van der Waals surface area contributed by atoms with Crippen molar-refractivity contribution in [2.45, 2.75) is 13.8 Å². The third-order valence-corrected chi connectivity index (χ3v) is 5.31. The number of ether oxygens (including phenoxy) is 2. The molecule has 1 aliphatic heterocycles. The van der Waals surface area contributed by atoms with Gasteiger partial charge in [-0.05, 0) is 68.5 Å². The lowest BCUT2D eigenvalue weighted by Gasteiger charge is -2.04. The normalized spacial score (nSPS) is 13.8. The molecule has 0 spiro atoms. The molecule has 5 nitrogen and oxygen atoms in total. The zero-order valence-corrected chi connectivity index (χ0v) is 17.9. The Kier molecular flexibility index (Phi) is 5.07. The molecule has 5 heteroatoms. The number of ketones is 1. The molecule has 0 N–H and O–H groups in total. The first-order valence-electron chi connectivity index (χ1n) is 10.6. The summed E-state index contributed by atoms with van der Waals surface area (Å²) >= 11 is 0. The molecule has 158 valence electrons. The van der Waals surface area contributed by atoms with E-state index in [-0.39, 0.29) is 5.78 Å². The number of hydrogen-bond acceptors (Lipinski definition) is 4. The SMILES string of the molecule is CCOc1ccc(-c2nn(-c3ccccc3)cc2/C=C2\Oc3ccc(C)cc3C2=O)cc1. The zero-order valence-electron chi connectivity index (χ0n) is 17.9. The summed E-state index contributed by atoms with van der Waals surface area (Å²) in [6, 6.07) is 23.3. The molecular formula is C27H22N2O3. The fraction of sp³-hybridized carbons (Fsp3) is 0.111. The summed E-state index contributed by atoms with van der Waals surface area (Å²) in [5, 5.41) is 4.82. The number of aryl methyl sites for hydroxylation is 1. The molecule has 0 fully saturated rings. The van der Waals surface area contributed by atoms with Gasteiger partial charge in [-0.3, -0.25) is 4.79 Å². The van der Waals surface area contributed by atoms with Gasteiger partial charge in [-0.2, -0.15) is 5.10 Å². The van der Waals surface area contributed by atoms with Crippen molar-refractivity contribution in [2.24, 2.45) is 0 Å². The van der Waals surface area contributed by atoms with Gasteiger partial charge in [-0.15, -0.1) is 0 Å². The van der Waals surface area contributed by atoms with Crippen molar-refractivity contribution in [3.63, 3.8) is 0 Å². The number of nitrogens with zero attached hydrogens (tertiary/aromatic N) is 2. The van der Waals surface area contributed by atoms with Crippen LogP contribution in [0.15, 0.2) is 84.8 Å². The first kappa shape index (κ1) is 19.8. The van der Waals surface area contributed by atoms with Crippen LogP contribution in [-0.4, -0.2) is 22.2 Å². The fourth-order valence-corrected chi connectivity index (χ4v) is 3.75. The quantitative estimate of drug-likeness (QED) is 0.378. The van der Waals surface area contributed by atoms with Crippen LogP contribution in [0, 0.1) is 6.92 Å². The highest BCUT2D eigenvalue weighted by atomic mass is 16.5. The molecule has 0 atom stereocenters. The average molecular weight is 422 g/mol. The number of para-hydroxylation sites is 1. The van der Waals surface area contributed by atoms with E-state index >= 15 is 0 Å². The minimum Gasteiger partial charge on any atom is -0.494 e. The summed E-state index contributed by atoms with van der Waals surface area (Å²) in [6.07, 6.45) is 3.69. The van der Waals surface area contributed by atoms with Gasteiger partial charge in [0.15, 0.2) is 5.76 Å². The summed E-state index contributed by atoms with van der Waals surface area (Å²) in [5.41, 5.74) is 5.03. The summed E-state index contributed by atoms with van der Waals surface area (Å²) in [5.74, 6) is 1.57. The fourth-order valence-electron chi connectivity index (χ4n) is 3.75. The third kappa shape index (κ3) is 3.69. The van der Waals surface area contributed by atoms with E-state index in [0.29, 0.717) is 23.7 Å². The number of benzene rings is 3. The van der Waals surface area contributed by atoms with E-state index in [4.69, 9.17) is 14.6 Å². The second-order valence-electron chi connectivity index (χ2n) is 7.61. The maximum atomic E-state index is 13.0. The van der Waals surface area contributed by atoms with Gasteiger partial charge < -0.3 is 9.47 Å². The van der Waals surface area contributed by atoms with E-state index < -0.39 is 0 Å². The third-order valence-electron chi connectivity index (χ3n) is 5.31. The van der Waals surface area contributed by atoms with E-state index in [9.17, 15) is 4.79 Å². The van der Waals surface area contributed by atoms with Crippen LogP contribution in [0.3, 0.4) is 0 Å². The van der Waals surface area contributed by atoms with Crippen LogP contribution < -0.4 is 9.47 Å². The maximum absolute atomic E-state index is 13.0. The van der Waals surface area contributed by atoms with Gasteiger partial charge in [0, 0.05) is 17.3 Å². The van der Waals surface area contributed by atoms with Gasteiger partial charge in [0.05, 0.1) is 17.9 Å². The lowest BCUT2D eigenvalue weighted by atomic mass is 10.0. The van der Waals surface area contributed by atoms with Crippen LogP contribution in [0.2, 0.25) is 0 Å². The molecule has 0 amide bonds. The minimum absolute atomic E-state index is 0.117. The van der Waals surface area contributed by atoms with Gasteiger partial charge >= 0.3 is 0 Å². The largest absolute Gasteiger partial charge is 0.494 e. The second-order valence-corrected chi connectivity index (χ2v) is 7.61. The molecule has 0 saturated heterocycles. The Balaban J connectivity index is 1.59. The summed E-state index contributed by atoms with van der Waals surface area (Å²) in [6.45, 7) is 4.53. The smallest absolute Gasteiger partial charge is 0.231 e. The number of fused-ring (bicyclic) bond motifs is 1. The highest BCUT2D eigenvalue weighted by Crippen LogP contribution is 2.34. The Morgan fingerprint density at radius 2 is 1.81 bits per heavy atom. The Labute approximate surface area is 186 Å². The molecule has 32 heavy (non-hydrogen) atoms. The number of hydrogen-bond donors (Lipinski definition) is 0. The zero-order chi connectivity index (χ0) is 22.1. The Bertz CT molecular complexity index is 1320. The van der Waals surface area contributed by atoms with Crippen LogP contribution in [0.5, 0.6) is 11.5 Å². The monoisotopic (exact) mass is 422 g/mol. The van der Waals surface area contributed by atoms with E-state index in [1.54, 1.807) is 6.08 Å². The highest BCUT2D eigenvalue weighted by molar-refractivity contribution is 6.14. The Morgan fingerprint density at radius 3 is 2.56 bits per heavy atom. The first-order chi connectivity index (χ1) is 15.6. The van der Waals surface area contributed by atoms with E-state index in [1.807, 2.05) is 97.5 Å². The minimum atomic E-state index is -0.117. The second kappa shape index (κ2) is 8.19. The van der Waals surface area contributed by atoms with Crippen molar-refractivity contribution in [2.75, 3.05) is 6.61 Å². The van der Waals surface area contributed by atoms with Gasteiger partial charge in [-0.25, -0.2) is 4.68 Å². The molecule has 0 unspecified atom stereocenters. The van der Waals surface area contributed by atoms with Crippen molar-refractivity contribution in [1.82, 2.24) is 9.78 Å². The number of aromatic nitrogens is 2. The van der Waals surface area contributed by atoms with Crippen molar-refractivity contribution >= 4 is 11.9 Å². The molecule has 5 rings (SSSR count). The van der Waals surface area contributed by atoms with Gasteiger partial charge in [-0.1, -0.05) is 29.8 Å². The first-order valence-corrected chi connectivity index (χ1v) is 10.6. The molecule has 1 aliphatic rings. The highest BCUT2D eigenvalue weighted by Gasteiger charge is 2.28. The van der Waals surface area contributed by atoms with Gasteiger partial charge in [0.2, 0.25) is 5.78 Å². The summed E-state index contributed by atoms with van der Waals surface area (Å²) in [4.78, 5) is 13.0. The number of carbonyl (C=O) groups excluding carboxylic acids is 1. The molecular weight excluding hydrogens is 400 g/mol. The van der Waals surface area contributed by atoms with Crippen molar-refractivity contribution < 1.29 is 14.3 Å². The van der Waals surface area contributed by atoms with Gasteiger partial charge in [0.1, 0.15) is 17.2 Å². The van der Waals surface area contributed by atoms with Crippen LogP contribution >= 0.6 is 0 Å². The van der Waals surface area contributed by atoms with Gasteiger partial charge in [0.25, 0.3) is 0 Å². The topological polar surface area (TPSA) is 53.4 Å². The lowest BCUT2D eigenvalue weighted by molar-refractivity contribution is 0.101. The number of carbonyl (C=O) groups is 1. The van der Waals surface area contributed by atoms with E-state index in [2.05, 4.69) is 0 Å².